The molecule has 2 rings (SSSR count). The normalized spacial score (nSPS) is 12.1. The fraction of sp³-hybridized carbons (Fsp3) is 0.333. The number of nitriles is 1. The van der Waals surface area contributed by atoms with Crippen LogP contribution in [0.3, 0.4) is 0 Å². The lowest BCUT2D eigenvalue weighted by Crippen LogP contribution is -2.39. The molecule has 3 nitrogen and oxygen atoms in total. The van der Waals surface area contributed by atoms with Crippen molar-refractivity contribution >= 4 is 23.0 Å². The molecule has 0 spiro atoms. The molecule has 0 bridgehead atoms. The Kier molecular flexibility index (Phi) is 6.55. The molecule has 0 radical (unpaired) electrons. The highest BCUT2D eigenvalue weighted by Crippen LogP contribution is 2.28. The van der Waals surface area contributed by atoms with Crippen LogP contribution >= 0.6 is 12.2 Å². The first kappa shape index (κ1) is 19.0. The van der Waals surface area contributed by atoms with E-state index in [2.05, 4.69) is 61.7 Å². The van der Waals surface area contributed by atoms with E-state index in [4.69, 9.17) is 17.5 Å². The minimum atomic E-state index is 0.0717. The molecule has 0 amide bonds. The highest BCUT2D eigenvalue weighted by Gasteiger charge is 2.23. The average molecular weight is 352 g/mol. The fourth-order valence-corrected chi connectivity index (χ4v) is 3.33. The van der Waals surface area contributed by atoms with Crippen molar-refractivity contribution in [2.24, 2.45) is 0 Å². The van der Waals surface area contributed by atoms with Gasteiger partial charge in [0.15, 0.2) is 5.11 Å². The monoisotopic (exact) mass is 351 g/mol. The highest BCUT2D eigenvalue weighted by atomic mass is 32.1. The molecule has 0 aliphatic rings. The van der Waals surface area contributed by atoms with Crippen LogP contribution in [0.25, 0.3) is 0 Å². The van der Waals surface area contributed by atoms with Crippen LogP contribution in [0.2, 0.25) is 0 Å². The maximum Gasteiger partial charge on any atom is 0.170 e. The molecule has 0 unspecified atom stereocenters. The zero-order valence-corrected chi connectivity index (χ0v) is 15.9. The van der Waals surface area contributed by atoms with E-state index in [1.54, 1.807) is 0 Å². The lowest BCUT2D eigenvalue weighted by Gasteiger charge is -2.29. The van der Waals surface area contributed by atoms with Gasteiger partial charge in [0.25, 0.3) is 0 Å². The number of thiocarbonyl (C=S) groups is 1. The summed E-state index contributed by atoms with van der Waals surface area (Å²) in [4.78, 5) is 0. The van der Waals surface area contributed by atoms with Crippen LogP contribution in [-0.4, -0.2) is 11.2 Å². The van der Waals surface area contributed by atoms with Gasteiger partial charge in [-0.2, -0.15) is 5.26 Å². The summed E-state index contributed by atoms with van der Waals surface area (Å²) in [6.07, 6.45) is 1.40. The van der Waals surface area contributed by atoms with Crippen LogP contribution in [0, 0.1) is 11.3 Å². The molecule has 2 aromatic rings. The van der Waals surface area contributed by atoms with Gasteiger partial charge in [-0.15, -0.1) is 0 Å². The van der Waals surface area contributed by atoms with Gasteiger partial charge < -0.3 is 10.6 Å². The van der Waals surface area contributed by atoms with E-state index >= 15 is 0 Å². The van der Waals surface area contributed by atoms with E-state index in [-0.39, 0.29) is 11.5 Å². The largest absolute Gasteiger partial charge is 0.360 e. The van der Waals surface area contributed by atoms with E-state index in [0.29, 0.717) is 11.5 Å². The summed E-state index contributed by atoms with van der Waals surface area (Å²) in [5, 5.41) is 15.9. The standard InChI is InChI=1S/C21H25N3S/c1-16(15-21(2,3)18-7-5-4-6-8-18)23-20(25)24-19-11-9-17(10-12-19)13-14-22/h4-12,16H,13,15H2,1-3H3,(H2,23,24,25)/t16-/m0/s1. The van der Waals surface area contributed by atoms with Crippen LogP contribution in [0.1, 0.15) is 38.3 Å². The number of nitrogens with one attached hydrogen (secondary N) is 2. The summed E-state index contributed by atoms with van der Waals surface area (Å²) >= 11 is 5.43. The topological polar surface area (TPSA) is 47.8 Å². The number of hydrogen-bond acceptors (Lipinski definition) is 2. The number of nitrogens with zero attached hydrogens (tertiary/aromatic N) is 1. The number of anilines is 1. The Morgan fingerprint density at radius 1 is 1.12 bits per heavy atom. The van der Waals surface area contributed by atoms with Crippen molar-refractivity contribution < 1.29 is 0 Å². The molecule has 1 atom stereocenters. The Hall–Kier alpha value is -2.38. The lowest BCUT2D eigenvalue weighted by atomic mass is 9.79. The first-order chi connectivity index (χ1) is 11.9. The Morgan fingerprint density at radius 3 is 2.36 bits per heavy atom. The Labute approximate surface area is 156 Å². The van der Waals surface area contributed by atoms with Crippen molar-refractivity contribution in [3.05, 3.63) is 65.7 Å². The van der Waals surface area contributed by atoms with Crippen LogP contribution in [-0.2, 0) is 11.8 Å². The smallest absolute Gasteiger partial charge is 0.170 e. The zero-order valence-electron chi connectivity index (χ0n) is 15.0. The first-order valence-corrected chi connectivity index (χ1v) is 8.90. The maximum atomic E-state index is 8.71. The van der Waals surface area contributed by atoms with Crippen LogP contribution in [0.5, 0.6) is 0 Å². The van der Waals surface area contributed by atoms with E-state index in [0.717, 1.165) is 17.7 Å². The van der Waals surface area contributed by atoms with Gasteiger partial charge in [0.2, 0.25) is 0 Å². The van der Waals surface area contributed by atoms with E-state index in [1.165, 1.54) is 5.56 Å². The molecule has 2 aromatic carbocycles. The molecule has 0 fully saturated rings. The predicted octanol–water partition coefficient (Wildman–Crippen LogP) is 4.80. The van der Waals surface area contributed by atoms with Crippen molar-refractivity contribution in [1.29, 1.82) is 5.26 Å². The Morgan fingerprint density at radius 2 is 1.76 bits per heavy atom. The fourth-order valence-electron chi connectivity index (χ4n) is 3.01. The second-order valence-corrected chi connectivity index (χ2v) is 7.39. The average Bonchev–Trinajstić information content (AvgIpc) is 2.57. The lowest BCUT2D eigenvalue weighted by molar-refractivity contribution is 0.420. The van der Waals surface area contributed by atoms with Crippen molar-refractivity contribution in [2.45, 2.75) is 45.1 Å². The molecule has 0 saturated carbocycles. The summed E-state index contributed by atoms with van der Waals surface area (Å²) in [6.45, 7) is 6.66. The number of rotatable bonds is 6. The predicted molar refractivity (Wildman–Crippen MR) is 109 cm³/mol. The highest BCUT2D eigenvalue weighted by molar-refractivity contribution is 7.80. The van der Waals surface area contributed by atoms with Gasteiger partial charge in [-0.3, -0.25) is 0 Å². The van der Waals surface area contributed by atoms with Gasteiger partial charge in [-0.25, -0.2) is 0 Å². The first-order valence-electron chi connectivity index (χ1n) is 8.49. The molecule has 0 aliphatic heterocycles. The van der Waals surface area contributed by atoms with Gasteiger partial charge in [-0.1, -0.05) is 56.3 Å². The summed E-state index contributed by atoms with van der Waals surface area (Å²) in [5.74, 6) is 0. The second kappa shape index (κ2) is 8.64. The van der Waals surface area contributed by atoms with Gasteiger partial charge >= 0.3 is 0 Å². The SMILES string of the molecule is C[C@@H](CC(C)(C)c1ccccc1)NC(=S)Nc1ccc(CC#N)cc1. The van der Waals surface area contributed by atoms with Gasteiger partial charge in [0, 0.05) is 11.7 Å². The van der Waals surface area contributed by atoms with E-state index < -0.39 is 0 Å². The summed E-state index contributed by atoms with van der Waals surface area (Å²) in [7, 11) is 0. The molecule has 0 aliphatic carbocycles. The van der Waals surface area contributed by atoms with Gasteiger partial charge in [0.1, 0.15) is 0 Å². The van der Waals surface area contributed by atoms with Gasteiger partial charge in [-0.05, 0) is 54.2 Å². The zero-order chi connectivity index (χ0) is 18.3. The van der Waals surface area contributed by atoms with Crippen molar-refractivity contribution in [3.63, 3.8) is 0 Å². The molecule has 0 heterocycles. The third-order valence-corrected chi connectivity index (χ3v) is 4.46. The van der Waals surface area contributed by atoms with Crippen molar-refractivity contribution in [3.8, 4) is 6.07 Å². The molecule has 2 N–H and O–H groups in total. The minimum Gasteiger partial charge on any atom is -0.360 e. The van der Waals surface area contributed by atoms with E-state index in [1.807, 2.05) is 30.3 Å². The maximum absolute atomic E-state index is 8.71. The number of hydrogen-bond donors (Lipinski definition) is 2. The Balaban J connectivity index is 1.88. The Bertz CT molecular complexity index is 730. The minimum absolute atomic E-state index is 0.0717. The van der Waals surface area contributed by atoms with Gasteiger partial charge in [0.05, 0.1) is 12.5 Å². The van der Waals surface area contributed by atoms with E-state index in [9.17, 15) is 0 Å². The third-order valence-electron chi connectivity index (χ3n) is 4.24. The molecule has 0 aromatic heterocycles. The van der Waals surface area contributed by atoms with Crippen LogP contribution < -0.4 is 10.6 Å². The molecule has 0 saturated heterocycles. The van der Waals surface area contributed by atoms with Crippen molar-refractivity contribution in [1.82, 2.24) is 5.32 Å². The third kappa shape index (κ3) is 5.88. The summed E-state index contributed by atoms with van der Waals surface area (Å²) in [5.41, 5.74) is 3.33. The van der Waals surface area contributed by atoms with Crippen molar-refractivity contribution in [2.75, 3.05) is 5.32 Å². The van der Waals surface area contributed by atoms with Crippen LogP contribution in [0.4, 0.5) is 5.69 Å². The second-order valence-electron chi connectivity index (χ2n) is 6.99. The molecular weight excluding hydrogens is 326 g/mol. The summed E-state index contributed by atoms with van der Waals surface area (Å²) < 4.78 is 0. The molecular formula is C21H25N3S. The molecule has 4 heteroatoms. The summed E-state index contributed by atoms with van der Waals surface area (Å²) in [6, 6.07) is 20.7. The quantitative estimate of drug-likeness (QED) is 0.734. The molecule has 130 valence electrons. The molecule has 25 heavy (non-hydrogen) atoms. The van der Waals surface area contributed by atoms with Crippen LogP contribution in [0.15, 0.2) is 54.6 Å². The number of benzene rings is 2.